The molecule has 0 radical (unpaired) electrons. The van der Waals surface area contributed by atoms with Crippen molar-refractivity contribution in [2.45, 2.75) is 51.9 Å². The van der Waals surface area contributed by atoms with E-state index in [-0.39, 0.29) is 42.4 Å². The van der Waals surface area contributed by atoms with Crippen molar-refractivity contribution in [1.29, 1.82) is 0 Å². The average Bonchev–Trinajstić information content (AvgIpc) is 3.16. The van der Waals surface area contributed by atoms with Gasteiger partial charge in [-0.25, -0.2) is 9.48 Å². The maximum Gasteiger partial charge on any atom is 0.526 e. The topological polar surface area (TPSA) is 183 Å². The van der Waals surface area contributed by atoms with Crippen molar-refractivity contribution in [2.24, 2.45) is 0 Å². The van der Waals surface area contributed by atoms with E-state index in [1.807, 2.05) is 13.8 Å². The Bertz CT molecular complexity index is 1030. The lowest BCUT2D eigenvalue weighted by atomic mass is 9.64. The van der Waals surface area contributed by atoms with Gasteiger partial charge in [0.2, 0.25) is 0 Å². The van der Waals surface area contributed by atoms with Crippen LogP contribution in [0.4, 0.5) is 0 Å². The third-order valence-corrected chi connectivity index (χ3v) is 4.85. The highest BCUT2D eigenvalue weighted by molar-refractivity contribution is 6.47. The molecule has 13 heteroatoms. The van der Waals surface area contributed by atoms with Crippen LogP contribution in [0.2, 0.25) is 5.82 Å². The van der Waals surface area contributed by atoms with Gasteiger partial charge in [-0.05, 0) is 30.9 Å². The Labute approximate surface area is 188 Å². The second-order valence-electron chi connectivity index (χ2n) is 6.83. The van der Waals surface area contributed by atoms with Crippen molar-refractivity contribution in [1.82, 2.24) is 15.0 Å². The zero-order valence-corrected chi connectivity index (χ0v) is 18.0. The highest BCUT2D eigenvalue weighted by Crippen LogP contribution is 2.36. The number of Topliss-reactive ketones (excluding diaryl/α,β-unsaturated/α-hetero) is 1. The molecule has 1 aromatic heterocycles. The maximum absolute atomic E-state index is 12.5. The van der Waals surface area contributed by atoms with Crippen molar-refractivity contribution in [2.75, 3.05) is 0 Å². The molecule has 33 heavy (non-hydrogen) atoms. The minimum Gasteiger partial charge on any atom is -0.535 e. The van der Waals surface area contributed by atoms with E-state index < -0.39 is 18.9 Å². The van der Waals surface area contributed by atoms with Crippen LogP contribution in [0.1, 0.15) is 47.6 Å². The quantitative estimate of drug-likeness (QED) is 0.546. The second-order valence-corrected chi connectivity index (χ2v) is 6.83. The van der Waals surface area contributed by atoms with Crippen LogP contribution >= 0.6 is 0 Å². The molecule has 1 atom stereocenters. The lowest BCUT2D eigenvalue weighted by molar-refractivity contribution is -0.193. The number of para-hydroxylation sites is 1. The number of carboxylic acids is 1. The van der Waals surface area contributed by atoms with Crippen LogP contribution in [0.25, 0.3) is 0 Å². The Morgan fingerprint density at radius 2 is 1.82 bits per heavy atom. The van der Waals surface area contributed by atoms with Gasteiger partial charge in [0.1, 0.15) is 12.3 Å². The molecule has 2 N–H and O–H groups in total. The molecule has 0 saturated carbocycles. The summed E-state index contributed by atoms with van der Waals surface area (Å²) in [5, 5.41) is 27.7. The summed E-state index contributed by atoms with van der Waals surface area (Å²) in [5.74, 6) is -1.45. The highest BCUT2D eigenvalue weighted by Gasteiger charge is 2.37. The van der Waals surface area contributed by atoms with Gasteiger partial charge in [0, 0.05) is 12.2 Å². The Morgan fingerprint density at radius 3 is 2.36 bits per heavy atom. The number of hydrogen-bond acceptors (Lipinski definition) is 10. The van der Waals surface area contributed by atoms with Crippen LogP contribution in [0.3, 0.4) is 0 Å². The van der Waals surface area contributed by atoms with E-state index in [1.54, 1.807) is 16.8 Å². The van der Waals surface area contributed by atoms with Gasteiger partial charge in [0.15, 0.2) is 5.78 Å². The van der Waals surface area contributed by atoms with Gasteiger partial charge in [-0.3, -0.25) is 4.79 Å². The zero-order valence-electron chi connectivity index (χ0n) is 18.0. The number of rotatable bonds is 7. The standard InChI is InChI=1S/C18H22BN3O5.2CO2/c1-3-15-16(4-2)22(21-20-15)10-13(23)9-12-8-11-6-5-7-14(18(24)25)17(11)27-19(12)26;2*2-1-3/h5-7,12,26H,3-4,8-10H2,1-2H3,(H,24,25);;/t12-;;/m1../s1. The van der Waals surface area contributed by atoms with Gasteiger partial charge in [0.05, 0.1) is 17.0 Å². The third kappa shape index (κ3) is 7.32. The third-order valence-electron chi connectivity index (χ3n) is 4.85. The van der Waals surface area contributed by atoms with E-state index in [9.17, 15) is 19.7 Å². The van der Waals surface area contributed by atoms with Crippen LogP contribution < -0.4 is 4.65 Å². The van der Waals surface area contributed by atoms with Gasteiger partial charge in [-0.2, -0.15) is 19.2 Å². The molecule has 3 rings (SSSR count). The first-order valence-electron chi connectivity index (χ1n) is 9.89. The first-order valence-corrected chi connectivity index (χ1v) is 9.89. The number of carbonyl (C=O) groups excluding carboxylic acids is 5. The molecule has 1 aromatic carbocycles. The summed E-state index contributed by atoms with van der Waals surface area (Å²) in [6.45, 7) is 4.09. The summed E-state index contributed by atoms with van der Waals surface area (Å²) in [4.78, 5) is 56.3. The number of carbonyl (C=O) groups is 2. The van der Waals surface area contributed by atoms with Crippen molar-refractivity contribution in [3.05, 3.63) is 40.7 Å². The van der Waals surface area contributed by atoms with Gasteiger partial charge in [0.25, 0.3) is 0 Å². The van der Waals surface area contributed by atoms with E-state index >= 15 is 0 Å². The first kappa shape index (κ1) is 27.1. The number of carboxylic acid groups (broad SMARTS) is 1. The van der Waals surface area contributed by atoms with Crippen LogP contribution in [-0.2, 0) is 49.8 Å². The monoisotopic (exact) mass is 459 g/mol. The molecule has 1 aliphatic rings. The molecule has 0 saturated heterocycles. The minimum atomic E-state index is -1.23. The van der Waals surface area contributed by atoms with Gasteiger partial charge in [-0.15, -0.1) is 5.10 Å². The smallest absolute Gasteiger partial charge is 0.526 e. The number of aryl methyl sites for hydroxylation is 1. The van der Waals surface area contributed by atoms with Crippen LogP contribution in [0.15, 0.2) is 18.2 Å². The Morgan fingerprint density at radius 1 is 1.18 bits per heavy atom. The molecule has 0 amide bonds. The molecule has 2 heterocycles. The van der Waals surface area contributed by atoms with Crippen molar-refractivity contribution in [3.8, 4) is 5.75 Å². The Hall–Kier alpha value is -3.92. The average molecular weight is 459 g/mol. The Balaban J connectivity index is 0.000000819. The summed E-state index contributed by atoms with van der Waals surface area (Å²) in [7, 11) is -1.23. The number of fused-ring (bicyclic) bond motifs is 1. The molecule has 1 aliphatic heterocycles. The van der Waals surface area contributed by atoms with Crippen LogP contribution in [0.5, 0.6) is 5.75 Å². The van der Waals surface area contributed by atoms with Crippen LogP contribution in [-0.4, -0.2) is 56.3 Å². The number of aromatic carboxylic acids is 1. The fourth-order valence-corrected chi connectivity index (χ4v) is 3.51. The first-order chi connectivity index (χ1) is 15.8. The number of aromatic nitrogens is 3. The molecule has 174 valence electrons. The normalized spacial score (nSPS) is 13.5. The molecular weight excluding hydrogens is 437 g/mol. The summed E-state index contributed by atoms with van der Waals surface area (Å²) in [5.41, 5.74) is 2.53. The van der Waals surface area contributed by atoms with Crippen molar-refractivity contribution < 1.29 is 43.6 Å². The summed E-state index contributed by atoms with van der Waals surface area (Å²) in [6.07, 6.45) is 2.49. The predicted molar refractivity (Wildman–Crippen MR) is 108 cm³/mol. The Kier molecular flexibility index (Phi) is 11.1. The number of hydrogen-bond donors (Lipinski definition) is 2. The zero-order chi connectivity index (χ0) is 25.0. The number of benzene rings is 1. The molecule has 12 nitrogen and oxygen atoms in total. The molecule has 0 unspecified atom stereocenters. The van der Waals surface area contributed by atoms with E-state index in [2.05, 4.69) is 10.3 Å². The summed E-state index contributed by atoms with van der Waals surface area (Å²) >= 11 is 0. The van der Waals surface area contributed by atoms with E-state index in [4.69, 9.17) is 23.8 Å². The fraction of sp³-hybridized carbons (Fsp3) is 0.400. The van der Waals surface area contributed by atoms with E-state index in [0.29, 0.717) is 12.0 Å². The van der Waals surface area contributed by atoms with Crippen molar-refractivity contribution in [3.63, 3.8) is 0 Å². The molecule has 0 fully saturated rings. The van der Waals surface area contributed by atoms with Gasteiger partial charge in [-0.1, -0.05) is 31.2 Å². The highest BCUT2D eigenvalue weighted by atomic mass is 16.5. The molecule has 0 spiro atoms. The van der Waals surface area contributed by atoms with Gasteiger partial charge < -0.3 is 14.8 Å². The largest absolute Gasteiger partial charge is 0.535 e. The van der Waals surface area contributed by atoms with E-state index in [1.165, 1.54) is 6.07 Å². The molecule has 0 aliphatic carbocycles. The number of ketones is 1. The predicted octanol–water partition coefficient (Wildman–Crippen LogP) is 0.379. The SMILES string of the molecule is CCc1nnn(CC(=O)C[C@H]2Cc3cccc(C(=O)O)c3OB2O)c1CC.O=C=O.O=C=O. The maximum atomic E-state index is 12.5. The summed E-state index contributed by atoms with van der Waals surface area (Å²) < 4.78 is 7.06. The summed E-state index contributed by atoms with van der Waals surface area (Å²) in [6, 6.07) is 4.82. The van der Waals surface area contributed by atoms with Crippen LogP contribution in [0, 0.1) is 0 Å². The molecule has 0 bridgehead atoms. The number of nitrogens with zero attached hydrogens (tertiary/aromatic N) is 3. The second kappa shape index (κ2) is 13.5. The van der Waals surface area contributed by atoms with E-state index in [0.717, 1.165) is 24.2 Å². The van der Waals surface area contributed by atoms with Crippen molar-refractivity contribution >= 4 is 31.2 Å². The molecular formula is C20H22BN3O9. The molecule has 2 aromatic rings. The minimum absolute atomic E-state index is 0.0126. The fourth-order valence-electron chi connectivity index (χ4n) is 3.51. The van der Waals surface area contributed by atoms with Gasteiger partial charge >= 0.3 is 25.4 Å². The lowest BCUT2D eigenvalue weighted by Gasteiger charge is -2.28. The lowest BCUT2D eigenvalue weighted by Crippen LogP contribution is -2.36.